The molecule has 7 heteroatoms. The van der Waals surface area contributed by atoms with Crippen molar-refractivity contribution in [1.82, 2.24) is 15.2 Å². The minimum atomic E-state index is -0.0935. The summed E-state index contributed by atoms with van der Waals surface area (Å²) in [7, 11) is 0. The normalized spacial score (nSPS) is 16.9. The van der Waals surface area contributed by atoms with Gasteiger partial charge in [0.05, 0.1) is 28.5 Å². The number of aromatic nitrogens is 1. The second-order valence-electron chi connectivity index (χ2n) is 5.26. The fourth-order valence-electron chi connectivity index (χ4n) is 2.63. The van der Waals surface area contributed by atoms with Crippen LogP contribution in [0.1, 0.15) is 21.3 Å². The number of ether oxygens (including phenoxy) is 1. The number of nitrogens with one attached hydrogen (secondary N) is 1. The van der Waals surface area contributed by atoms with Crippen LogP contribution >= 0.6 is 22.9 Å². The minimum Gasteiger partial charge on any atom is -0.379 e. The summed E-state index contributed by atoms with van der Waals surface area (Å²) in [5, 5.41) is 3.01. The molecule has 5 nitrogen and oxygen atoms in total. The molecule has 1 saturated heterocycles. The van der Waals surface area contributed by atoms with Crippen molar-refractivity contribution in [2.45, 2.75) is 6.04 Å². The molecule has 0 spiro atoms. The lowest BCUT2D eigenvalue weighted by Crippen LogP contribution is -2.43. The lowest BCUT2D eigenvalue weighted by Gasteiger charge is -2.34. The summed E-state index contributed by atoms with van der Waals surface area (Å²) in [6.07, 6.45) is 3.61. The average molecular weight is 352 g/mol. The van der Waals surface area contributed by atoms with Crippen LogP contribution in [-0.2, 0) is 4.74 Å². The maximum atomic E-state index is 12.3. The Morgan fingerprint density at radius 3 is 2.87 bits per heavy atom. The van der Waals surface area contributed by atoms with Crippen molar-refractivity contribution in [2.75, 3.05) is 32.8 Å². The summed E-state index contributed by atoms with van der Waals surface area (Å²) in [6, 6.07) is 7.54. The quantitative estimate of drug-likeness (QED) is 0.899. The van der Waals surface area contributed by atoms with E-state index in [1.165, 1.54) is 11.3 Å². The van der Waals surface area contributed by atoms with Crippen molar-refractivity contribution in [3.63, 3.8) is 0 Å². The second-order valence-corrected chi connectivity index (χ2v) is 6.98. The first kappa shape index (κ1) is 16.4. The fraction of sp³-hybridized carbons (Fsp3) is 0.375. The SMILES string of the molecule is O=C(NC[C@@H](c1cccnc1)N1CCOCC1)c1ccc(Cl)s1. The Bertz CT molecular complexity index is 644. The lowest BCUT2D eigenvalue weighted by atomic mass is 10.1. The third-order valence-electron chi connectivity index (χ3n) is 3.81. The second kappa shape index (κ2) is 7.88. The summed E-state index contributed by atoms with van der Waals surface area (Å²) in [5.74, 6) is -0.0935. The van der Waals surface area contributed by atoms with E-state index in [1.807, 2.05) is 18.3 Å². The smallest absolute Gasteiger partial charge is 0.261 e. The molecule has 1 amide bonds. The van der Waals surface area contributed by atoms with Crippen LogP contribution in [0.2, 0.25) is 4.34 Å². The number of rotatable bonds is 5. The van der Waals surface area contributed by atoms with Gasteiger partial charge in [0.1, 0.15) is 0 Å². The summed E-state index contributed by atoms with van der Waals surface area (Å²) in [6.45, 7) is 3.65. The molecule has 0 aromatic carbocycles. The highest BCUT2D eigenvalue weighted by atomic mass is 35.5. The largest absolute Gasteiger partial charge is 0.379 e. The summed E-state index contributed by atoms with van der Waals surface area (Å²) in [4.78, 5) is 19.4. The van der Waals surface area contributed by atoms with E-state index in [0.29, 0.717) is 29.0 Å². The van der Waals surface area contributed by atoms with E-state index in [9.17, 15) is 4.79 Å². The Morgan fingerprint density at radius 2 is 2.22 bits per heavy atom. The molecule has 23 heavy (non-hydrogen) atoms. The highest BCUT2D eigenvalue weighted by Gasteiger charge is 2.23. The maximum absolute atomic E-state index is 12.3. The predicted molar refractivity (Wildman–Crippen MR) is 91.0 cm³/mol. The lowest BCUT2D eigenvalue weighted by molar-refractivity contribution is 0.0161. The van der Waals surface area contributed by atoms with E-state index < -0.39 is 0 Å². The van der Waals surface area contributed by atoms with Crippen LogP contribution in [0.5, 0.6) is 0 Å². The Balaban J connectivity index is 1.69. The standard InChI is InChI=1S/C16H18ClN3O2S/c17-15-4-3-14(23-15)16(21)19-11-13(12-2-1-5-18-10-12)20-6-8-22-9-7-20/h1-5,10,13H,6-9,11H2,(H,19,21)/t13-/m0/s1. The predicted octanol–water partition coefficient (Wildman–Crippen LogP) is 2.60. The van der Waals surface area contributed by atoms with Crippen molar-refractivity contribution in [3.05, 3.63) is 51.4 Å². The van der Waals surface area contributed by atoms with Crippen LogP contribution in [0.15, 0.2) is 36.7 Å². The fourth-order valence-corrected chi connectivity index (χ4v) is 3.59. The number of carbonyl (C=O) groups is 1. The first-order valence-corrected chi connectivity index (χ1v) is 8.69. The van der Waals surface area contributed by atoms with Crippen LogP contribution in [0.25, 0.3) is 0 Å². The Labute approximate surface area is 144 Å². The summed E-state index contributed by atoms with van der Waals surface area (Å²) in [5.41, 5.74) is 1.10. The van der Waals surface area contributed by atoms with E-state index in [-0.39, 0.29) is 11.9 Å². The van der Waals surface area contributed by atoms with Crippen LogP contribution < -0.4 is 5.32 Å². The highest BCUT2D eigenvalue weighted by molar-refractivity contribution is 7.17. The monoisotopic (exact) mass is 351 g/mol. The molecule has 122 valence electrons. The maximum Gasteiger partial charge on any atom is 0.261 e. The van der Waals surface area contributed by atoms with Gasteiger partial charge in [-0.25, -0.2) is 0 Å². The van der Waals surface area contributed by atoms with Crippen LogP contribution in [0.4, 0.5) is 0 Å². The van der Waals surface area contributed by atoms with Crippen molar-refractivity contribution < 1.29 is 9.53 Å². The molecule has 1 aliphatic heterocycles. The molecule has 0 saturated carbocycles. The number of hydrogen-bond acceptors (Lipinski definition) is 5. The molecule has 0 unspecified atom stereocenters. The molecule has 3 rings (SSSR count). The summed E-state index contributed by atoms with van der Waals surface area (Å²) >= 11 is 7.18. The number of nitrogens with zero attached hydrogens (tertiary/aromatic N) is 2. The number of pyridine rings is 1. The molecule has 0 bridgehead atoms. The zero-order valence-corrected chi connectivity index (χ0v) is 14.1. The molecule has 2 aromatic rings. The summed E-state index contributed by atoms with van der Waals surface area (Å²) < 4.78 is 6.04. The van der Waals surface area contributed by atoms with Gasteiger partial charge < -0.3 is 10.1 Å². The van der Waals surface area contributed by atoms with Gasteiger partial charge in [0.2, 0.25) is 0 Å². The zero-order valence-electron chi connectivity index (χ0n) is 12.6. The number of morpholine rings is 1. The van der Waals surface area contributed by atoms with Crippen molar-refractivity contribution in [2.24, 2.45) is 0 Å². The number of thiophene rings is 1. The van der Waals surface area contributed by atoms with E-state index in [0.717, 1.165) is 18.7 Å². The zero-order chi connectivity index (χ0) is 16.1. The van der Waals surface area contributed by atoms with Crippen LogP contribution in [0.3, 0.4) is 0 Å². The molecular weight excluding hydrogens is 334 g/mol. The molecule has 0 aliphatic carbocycles. The van der Waals surface area contributed by atoms with E-state index in [2.05, 4.69) is 15.2 Å². The van der Waals surface area contributed by atoms with Gasteiger partial charge in [-0.3, -0.25) is 14.7 Å². The molecule has 1 N–H and O–H groups in total. The van der Waals surface area contributed by atoms with Gasteiger partial charge in [0.15, 0.2) is 0 Å². The van der Waals surface area contributed by atoms with Gasteiger partial charge in [0, 0.05) is 32.0 Å². The molecule has 0 radical (unpaired) electrons. The number of amides is 1. The van der Waals surface area contributed by atoms with Crippen molar-refractivity contribution in [3.8, 4) is 0 Å². The Hall–Kier alpha value is -1.47. The topological polar surface area (TPSA) is 54.5 Å². The van der Waals surface area contributed by atoms with Crippen LogP contribution in [0, 0.1) is 0 Å². The third kappa shape index (κ3) is 4.29. The molecule has 1 fully saturated rings. The number of hydrogen-bond donors (Lipinski definition) is 1. The minimum absolute atomic E-state index is 0.0898. The third-order valence-corrected chi connectivity index (χ3v) is 5.04. The first-order chi connectivity index (χ1) is 11.2. The van der Waals surface area contributed by atoms with Crippen LogP contribution in [-0.4, -0.2) is 48.6 Å². The van der Waals surface area contributed by atoms with E-state index in [4.69, 9.17) is 16.3 Å². The highest BCUT2D eigenvalue weighted by Crippen LogP contribution is 2.23. The average Bonchev–Trinajstić information content (AvgIpc) is 3.03. The van der Waals surface area contributed by atoms with Gasteiger partial charge in [-0.2, -0.15) is 0 Å². The molecule has 3 heterocycles. The molecule has 1 aliphatic rings. The van der Waals surface area contributed by atoms with E-state index in [1.54, 1.807) is 18.3 Å². The van der Waals surface area contributed by atoms with Gasteiger partial charge in [-0.05, 0) is 23.8 Å². The van der Waals surface area contributed by atoms with Gasteiger partial charge in [-0.1, -0.05) is 17.7 Å². The Morgan fingerprint density at radius 1 is 1.39 bits per heavy atom. The van der Waals surface area contributed by atoms with Gasteiger partial charge in [-0.15, -0.1) is 11.3 Å². The number of carbonyl (C=O) groups excluding carboxylic acids is 1. The molecular formula is C16H18ClN3O2S. The molecule has 1 atom stereocenters. The van der Waals surface area contributed by atoms with Crippen molar-refractivity contribution in [1.29, 1.82) is 0 Å². The van der Waals surface area contributed by atoms with Crippen molar-refractivity contribution >= 4 is 28.8 Å². The number of halogens is 1. The Kier molecular flexibility index (Phi) is 5.61. The first-order valence-electron chi connectivity index (χ1n) is 7.49. The van der Waals surface area contributed by atoms with Gasteiger partial charge >= 0.3 is 0 Å². The van der Waals surface area contributed by atoms with Gasteiger partial charge in [0.25, 0.3) is 5.91 Å². The molecule has 2 aromatic heterocycles. The van der Waals surface area contributed by atoms with E-state index >= 15 is 0 Å².